The zero-order valence-electron chi connectivity index (χ0n) is 12.4. The van der Waals surface area contributed by atoms with Crippen molar-refractivity contribution in [1.29, 1.82) is 0 Å². The van der Waals surface area contributed by atoms with E-state index >= 15 is 0 Å². The molecule has 1 aromatic heterocycles. The zero-order chi connectivity index (χ0) is 16.8. The highest BCUT2D eigenvalue weighted by molar-refractivity contribution is 7.71. The molecule has 120 valence electrons. The Bertz CT molecular complexity index is 811. The summed E-state index contributed by atoms with van der Waals surface area (Å²) in [5, 5.41) is 4.05. The number of rotatable bonds is 5. The number of carbonyl (C=O) groups excluding carboxylic acids is 1. The van der Waals surface area contributed by atoms with E-state index in [1.807, 2.05) is 6.92 Å². The molecule has 3 N–H and O–H groups in total. The first-order valence-electron chi connectivity index (χ1n) is 6.92. The van der Waals surface area contributed by atoms with E-state index in [9.17, 15) is 14.0 Å². The monoisotopic (exact) mass is 334 g/mol. The molecular formula is C15H15FN4O2S. The number of H-pyrrole nitrogens is 2. The molecule has 2 rings (SSSR count). The molecular weight excluding hydrogens is 319 g/mol. The van der Waals surface area contributed by atoms with Gasteiger partial charge in [-0.25, -0.2) is 9.82 Å². The van der Waals surface area contributed by atoms with Gasteiger partial charge in [0.05, 0.1) is 12.1 Å². The summed E-state index contributed by atoms with van der Waals surface area (Å²) in [4.78, 5) is 28.3. The first-order valence-corrected chi connectivity index (χ1v) is 7.32. The quantitative estimate of drug-likeness (QED) is 0.444. The molecule has 23 heavy (non-hydrogen) atoms. The fourth-order valence-electron chi connectivity index (χ4n) is 1.95. The number of nitrogens with zero attached hydrogens (tertiary/aromatic N) is 1. The highest BCUT2D eigenvalue weighted by Gasteiger charge is 2.06. The summed E-state index contributed by atoms with van der Waals surface area (Å²) in [5.74, 6) is -0.730. The van der Waals surface area contributed by atoms with Gasteiger partial charge in [-0.05, 0) is 36.3 Å². The van der Waals surface area contributed by atoms with Crippen molar-refractivity contribution in [2.45, 2.75) is 19.8 Å². The molecule has 0 bridgehead atoms. The van der Waals surface area contributed by atoms with E-state index in [1.54, 1.807) is 12.1 Å². The molecule has 1 aromatic carbocycles. The minimum atomic E-state index is -0.394. The van der Waals surface area contributed by atoms with E-state index in [0.717, 1.165) is 5.56 Å². The Morgan fingerprint density at radius 3 is 2.61 bits per heavy atom. The average Bonchev–Trinajstić information content (AvgIpc) is 2.48. The van der Waals surface area contributed by atoms with Crippen LogP contribution >= 0.6 is 12.2 Å². The van der Waals surface area contributed by atoms with Crippen molar-refractivity contribution in [2.75, 3.05) is 0 Å². The van der Waals surface area contributed by atoms with Gasteiger partial charge in [-0.2, -0.15) is 5.10 Å². The number of aromatic amines is 2. The number of benzene rings is 1. The van der Waals surface area contributed by atoms with Crippen molar-refractivity contribution in [2.24, 2.45) is 5.10 Å². The third kappa shape index (κ3) is 4.96. The summed E-state index contributed by atoms with van der Waals surface area (Å²) < 4.78 is 13.1. The minimum Gasteiger partial charge on any atom is -0.335 e. The van der Waals surface area contributed by atoms with Gasteiger partial charge in [-0.3, -0.25) is 14.6 Å². The van der Waals surface area contributed by atoms with Crippen molar-refractivity contribution in [3.05, 3.63) is 62.5 Å². The topological polar surface area (TPSA) is 90.1 Å². The Balaban J connectivity index is 2.07. The van der Waals surface area contributed by atoms with Crippen molar-refractivity contribution in [3.8, 4) is 0 Å². The van der Waals surface area contributed by atoms with Crippen LogP contribution in [0.15, 0.2) is 40.2 Å². The number of hydrogen-bond acceptors (Lipinski definition) is 4. The molecule has 6 nitrogen and oxygen atoms in total. The SMILES string of the molecule is CC/C(=N/NC(=O)Cc1cc(=O)[nH]c(=S)[nH]1)c1ccc(F)cc1. The number of nitrogens with one attached hydrogen (secondary N) is 3. The highest BCUT2D eigenvalue weighted by Crippen LogP contribution is 2.06. The standard InChI is InChI=1S/C15H15FN4O2S/c1-2-12(9-3-5-10(16)6-4-9)19-20-14(22)8-11-7-13(21)18-15(23)17-11/h3-7H,2,8H2,1H3,(H,20,22)(H2,17,18,21,23)/b19-12-. The molecule has 0 spiro atoms. The van der Waals surface area contributed by atoms with Gasteiger partial charge >= 0.3 is 0 Å². The van der Waals surface area contributed by atoms with E-state index in [2.05, 4.69) is 20.5 Å². The third-order valence-electron chi connectivity index (χ3n) is 3.00. The Labute approximate surface area is 136 Å². The maximum atomic E-state index is 12.9. The second-order valence-corrected chi connectivity index (χ2v) is 5.15. The van der Waals surface area contributed by atoms with Crippen molar-refractivity contribution in [3.63, 3.8) is 0 Å². The Morgan fingerprint density at radius 1 is 1.30 bits per heavy atom. The molecule has 0 radical (unpaired) electrons. The molecule has 0 unspecified atom stereocenters. The van der Waals surface area contributed by atoms with Crippen LogP contribution in [0.4, 0.5) is 4.39 Å². The third-order valence-corrected chi connectivity index (χ3v) is 3.20. The maximum absolute atomic E-state index is 12.9. The van der Waals surface area contributed by atoms with Gasteiger partial charge in [-0.15, -0.1) is 0 Å². The predicted molar refractivity (Wildman–Crippen MR) is 87.3 cm³/mol. The van der Waals surface area contributed by atoms with Crippen LogP contribution in [-0.4, -0.2) is 21.6 Å². The molecule has 0 fully saturated rings. The van der Waals surface area contributed by atoms with Gasteiger partial charge in [0.2, 0.25) is 5.91 Å². The Kier molecular flexibility index (Phi) is 5.53. The smallest absolute Gasteiger partial charge is 0.251 e. The van der Waals surface area contributed by atoms with Crippen LogP contribution in [0.2, 0.25) is 0 Å². The van der Waals surface area contributed by atoms with Gasteiger partial charge in [0, 0.05) is 11.8 Å². The molecule has 0 saturated carbocycles. The lowest BCUT2D eigenvalue weighted by molar-refractivity contribution is -0.120. The van der Waals surface area contributed by atoms with Gasteiger partial charge in [-0.1, -0.05) is 19.1 Å². The zero-order valence-corrected chi connectivity index (χ0v) is 13.2. The van der Waals surface area contributed by atoms with Crippen molar-refractivity contribution >= 4 is 23.8 Å². The predicted octanol–water partition coefficient (Wildman–Crippen LogP) is 2.04. The molecule has 0 aliphatic heterocycles. The summed E-state index contributed by atoms with van der Waals surface area (Å²) in [6.07, 6.45) is 0.511. The van der Waals surface area contributed by atoms with Crippen LogP contribution in [0.3, 0.4) is 0 Å². The Hall–Kier alpha value is -2.61. The van der Waals surface area contributed by atoms with Crippen LogP contribution in [0, 0.1) is 10.6 Å². The van der Waals surface area contributed by atoms with E-state index in [-0.39, 0.29) is 22.6 Å². The van der Waals surface area contributed by atoms with E-state index in [1.165, 1.54) is 18.2 Å². The van der Waals surface area contributed by atoms with E-state index in [4.69, 9.17) is 12.2 Å². The highest BCUT2D eigenvalue weighted by atomic mass is 32.1. The molecule has 2 aromatic rings. The normalized spacial score (nSPS) is 11.3. The molecule has 0 aliphatic carbocycles. The number of carbonyl (C=O) groups is 1. The number of aromatic nitrogens is 2. The van der Waals surface area contributed by atoms with Gasteiger partial charge in [0.15, 0.2) is 4.77 Å². The van der Waals surface area contributed by atoms with Crippen LogP contribution < -0.4 is 11.0 Å². The molecule has 1 heterocycles. The summed E-state index contributed by atoms with van der Waals surface area (Å²) >= 11 is 4.84. The van der Waals surface area contributed by atoms with Crippen LogP contribution in [0.1, 0.15) is 24.6 Å². The van der Waals surface area contributed by atoms with Gasteiger partial charge < -0.3 is 4.98 Å². The Morgan fingerprint density at radius 2 is 2.00 bits per heavy atom. The first kappa shape index (κ1) is 16.8. The number of hydrogen-bond donors (Lipinski definition) is 3. The van der Waals surface area contributed by atoms with Crippen LogP contribution in [0.25, 0.3) is 0 Å². The molecule has 8 heteroatoms. The fraction of sp³-hybridized carbons (Fsp3) is 0.200. The van der Waals surface area contributed by atoms with E-state index in [0.29, 0.717) is 17.8 Å². The van der Waals surface area contributed by atoms with Gasteiger partial charge in [0.25, 0.3) is 5.56 Å². The summed E-state index contributed by atoms with van der Waals surface area (Å²) in [7, 11) is 0. The molecule has 0 aliphatic rings. The number of halogens is 1. The minimum absolute atomic E-state index is 0.0581. The fourth-order valence-corrected chi connectivity index (χ4v) is 2.18. The molecule has 0 saturated heterocycles. The maximum Gasteiger partial charge on any atom is 0.251 e. The summed E-state index contributed by atoms with van der Waals surface area (Å²) in [6.45, 7) is 1.88. The lowest BCUT2D eigenvalue weighted by Gasteiger charge is -2.05. The van der Waals surface area contributed by atoms with Crippen molar-refractivity contribution in [1.82, 2.24) is 15.4 Å². The number of amides is 1. The molecule has 1 amide bonds. The summed E-state index contributed by atoms with van der Waals surface area (Å²) in [6, 6.07) is 7.12. The van der Waals surface area contributed by atoms with E-state index < -0.39 is 5.91 Å². The lowest BCUT2D eigenvalue weighted by Crippen LogP contribution is -2.23. The van der Waals surface area contributed by atoms with Gasteiger partial charge in [0.1, 0.15) is 5.82 Å². The lowest BCUT2D eigenvalue weighted by atomic mass is 10.1. The largest absolute Gasteiger partial charge is 0.335 e. The molecule has 0 atom stereocenters. The van der Waals surface area contributed by atoms with Crippen LogP contribution in [0.5, 0.6) is 0 Å². The van der Waals surface area contributed by atoms with Crippen molar-refractivity contribution < 1.29 is 9.18 Å². The second kappa shape index (κ2) is 7.59. The average molecular weight is 334 g/mol. The second-order valence-electron chi connectivity index (χ2n) is 4.74. The first-order chi connectivity index (χ1) is 11.0. The number of hydrazone groups is 1. The summed E-state index contributed by atoms with van der Waals surface area (Å²) in [5.41, 5.74) is 3.79. The van der Waals surface area contributed by atoms with Crippen LogP contribution in [-0.2, 0) is 11.2 Å².